The molecule has 0 radical (unpaired) electrons. The fourth-order valence-electron chi connectivity index (χ4n) is 1.67. The van der Waals surface area contributed by atoms with Crippen molar-refractivity contribution < 1.29 is 31.5 Å². The molecule has 1 aromatic carbocycles. The minimum atomic E-state index is -2.31. The van der Waals surface area contributed by atoms with E-state index in [9.17, 15) is 26.7 Å². The maximum Gasteiger partial charge on any atom is 0.314 e. The quantitative estimate of drug-likeness (QED) is 0.150. The Kier molecular flexibility index (Phi) is 6.35. The number of hydrogen-bond donors (Lipinski definition) is 0. The van der Waals surface area contributed by atoms with E-state index in [1.807, 2.05) is 0 Å². The van der Waals surface area contributed by atoms with Crippen molar-refractivity contribution in [2.24, 2.45) is 5.92 Å². The first kappa shape index (κ1) is 18.0. The molecule has 22 heavy (non-hydrogen) atoms. The van der Waals surface area contributed by atoms with Crippen LogP contribution in [-0.2, 0) is 4.79 Å². The van der Waals surface area contributed by atoms with Gasteiger partial charge in [0.05, 0.1) is 5.92 Å². The van der Waals surface area contributed by atoms with E-state index in [4.69, 9.17) is 6.42 Å². The van der Waals surface area contributed by atoms with Crippen molar-refractivity contribution in [3.8, 4) is 18.1 Å². The first-order valence-corrected chi connectivity index (χ1v) is 6.47. The molecule has 0 aliphatic rings. The maximum absolute atomic E-state index is 13.4. The summed E-state index contributed by atoms with van der Waals surface area (Å²) >= 11 is 0. The van der Waals surface area contributed by atoms with Crippen molar-refractivity contribution in [3.63, 3.8) is 0 Å². The number of ether oxygens (including phenoxy) is 1. The summed E-state index contributed by atoms with van der Waals surface area (Å²) in [6.07, 6.45) is 7.10. The van der Waals surface area contributed by atoms with Gasteiger partial charge in [0, 0.05) is 6.42 Å². The maximum atomic E-state index is 13.4. The third-order valence-electron chi connectivity index (χ3n) is 2.98. The second kappa shape index (κ2) is 7.78. The van der Waals surface area contributed by atoms with Crippen molar-refractivity contribution in [1.82, 2.24) is 0 Å². The Morgan fingerprint density at radius 3 is 2.05 bits per heavy atom. The van der Waals surface area contributed by atoms with E-state index < -0.39 is 46.7 Å². The lowest BCUT2D eigenvalue weighted by Crippen LogP contribution is -2.20. The smallest absolute Gasteiger partial charge is 0.314 e. The van der Waals surface area contributed by atoms with Crippen molar-refractivity contribution in [3.05, 3.63) is 29.1 Å². The first-order valence-electron chi connectivity index (χ1n) is 6.47. The van der Waals surface area contributed by atoms with Gasteiger partial charge in [0.2, 0.25) is 34.8 Å². The predicted octanol–water partition coefficient (Wildman–Crippen LogP) is 4.12. The van der Waals surface area contributed by atoms with Gasteiger partial charge in [-0.1, -0.05) is 13.3 Å². The fourth-order valence-corrected chi connectivity index (χ4v) is 1.67. The molecular weight excluding hydrogens is 307 g/mol. The van der Waals surface area contributed by atoms with Gasteiger partial charge >= 0.3 is 5.97 Å². The molecule has 0 N–H and O–H groups in total. The van der Waals surface area contributed by atoms with E-state index in [-0.39, 0.29) is 0 Å². The average molecular weight is 320 g/mol. The predicted molar refractivity (Wildman–Crippen MR) is 68.3 cm³/mol. The Bertz CT molecular complexity index is 578. The summed E-state index contributed by atoms with van der Waals surface area (Å²) in [6.45, 7) is 1.42. The molecule has 0 aliphatic heterocycles. The van der Waals surface area contributed by atoms with Gasteiger partial charge < -0.3 is 4.74 Å². The van der Waals surface area contributed by atoms with Crippen LogP contribution in [0, 0.1) is 47.3 Å². The first-order chi connectivity index (χ1) is 10.3. The van der Waals surface area contributed by atoms with Gasteiger partial charge in [-0.05, 0) is 12.8 Å². The number of unbranched alkanes of at least 4 members (excludes halogenated alkanes) is 2. The zero-order valence-corrected chi connectivity index (χ0v) is 11.7. The number of rotatable bonds is 6. The van der Waals surface area contributed by atoms with E-state index in [0.29, 0.717) is 25.7 Å². The van der Waals surface area contributed by atoms with Crippen molar-refractivity contribution in [2.75, 3.05) is 0 Å². The Balaban J connectivity index is 2.83. The summed E-state index contributed by atoms with van der Waals surface area (Å²) in [6, 6.07) is 0. The summed E-state index contributed by atoms with van der Waals surface area (Å²) in [5.41, 5.74) is 0. The standard InChI is InChI=1S/C15H13F5O2/c1-3-4-5-6-7-8(2)15(21)22-14-12(19)10(17)9(16)11(18)13(14)20/h1,8H,4-7H2,2H3/t8-/m1/s1. The molecule has 0 bridgehead atoms. The SMILES string of the molecule is C#CCCCC[C@@H](C)C(=O)Oc1c(F)c(F)c(F)c(F)c1F. The van der Waals surface area contributed by atoms with Crippen LogP contribution in [0.4, 0.5) is 22.0 Å². The van der Waals surface area contributed by atoms with E-state index in [1.165, 1.54) is 6.92 Å². The second-order valence-electron chi connectivity index (χ2n) is 4.67. The van der Waals surface area contributed by atoms with E-state index in [1.54, 1.807) is 0 Å². The highest BCUT2D eigenvalue weighted by atomic mass is 19.2. The second-order valence-corrected chi connectivity index (χ2v) is 4.67. The molecule has 7 heteroatoms. The van der Waals surface area contributed by atoms with E-state index in [0.717, 1.165) is 0 Å². The highest BCUT2D eigenvalue weighted by molar-refractivity contribution is 5.74. The molecule has 0 aromatic heterocycles. The Hall–Kier alpha value is -2.10. The minimum Gasteiger partial charge on any atom is -0.420 e. The molecule has 0 unspecified atom stereocenters. The van der Waals surface area contributed by atoms with E-state index in [2.05, 4.69) is 10.7 Å². The van der Waals surface area contributed by atoms with Crippen molar-refractivity contribution in [2.45, 2.75) is 32.6 Å². The number of benzene rings is 1. The molecule has 0 saturated carbocycles. The number of halogens is 5. The van der Waals surface area contributed by atoms with E-state index >= 15 is 0 Å². The molecule has 1 aromatic rings. The third-order valence-corrected chi connectivity index (χ3v) is 2.98. The highest BCUT2D eigenvalue weighted by Gasteiger charge is 2.29. The normalized spacial score (nSPS) is 11.9. The molecule has 0 amide bonds. The molecule has 0 spiro atoms. The molecular formula is C15H13F5O2. The molecule has 0 saturated heterocycles. The van der Waals surface area contributed by atoms with Crippen LogP contribution in [0.1, 0.15) is 32.6 Å². The fraction of sp³-hybridized carbons (Fsp3) is 0.400. The number of esters is 1. The van der Waals surface area contributed by atoms with Crippen LogP contribution in [0.5, 0.6) is 5.75 Å². The molecule has 120 valence electrons. The lowest BCUT2D eigenvalue weighted by Gasteiger charge is -2.12. The zero-order valence-electron chi connectivity index (χ0n) is 11.7. The summed E-state index contributed by atoms with van der Waals surface area (Å²) in [7, 11) is 0. The average Bonchev–Trinajstić information content (AvgIpc) is 2.51. The van der Waals surface area contributed by atoms with Crippen LogP contribution < -0.4 is 4.74 Å². The molecule has 0 fully saturated rings. The summed E-state index contributed by atoms with van der Waals surface area (Å²) in [4.78, 5) is 11.7. The van der Waals surface area contributed by atoms with Crippen LogP contribution in [0.25, 0.3) is 0 Å². The number of terminal acetylenes is 1. The number of carbonyl (C=O) groups is 1. The van der Waals surface area contributed by atoms with Gasteiger partial charge in [0.1, 0.15) is 0 Å². The lowest BCUT2D eigenvalue weighted by molar-refractivity contribution is -0.139. The van der Waals surface area contributed by atoms with Gasteiger partial charge in [0.15, 0.2) is 0 Å². The third kappa shape index (κ3) is 3.97. The largest absolute Gasteiger partial charge is 0.420 e. The minimum absolute atomic E-state index is 0.315. The molecule has 1 atom stereocenters. The van der Waals surface area contributed by atoms with Crippen LogP contribution in [0.15, 0.2) is 0 Å². The summed E-state index contributed by atoms with van der Waals surface area (Å²) < 4.78 is 69.8. The van der Waals surface area contributed by atoms with Gasteiger partial charge in [-0.2, -0.15) is 8.78 Å². The summed E-state index contributed by atoms with van der Waals surface area (Å²) in [5, 5.41) is 0. The van der Waals surface area contributed by atoms with Gasteiger partial charge in [-0.3, -0.25) is 4.79 Å². The highest BCUT2D eigenvalue weighted by Crippen LogP contribution is 2.30. The van der Waals surface area contributed by atoms with Gasteiger partial charge in [-0.15, -0.1) is 12.3 Å². The monoisotopic (exact) mass is 320 g/mol. The van der Waals surface area contributed by atoms with Gasteiger partial charge in [0.25, 0.3) is 0 Å². The molecule has 1 rings (SSSR count). The molecule has 0 heterocycles. The Morgan fingerprint density at radius 1 is 1.05 bits per heavy atom. The van der Waals surface area contributed by atoms with Crippen LogP contribution >= 0.6 is 0 Å². The van der Waals surface area contributed by atoms with Crippen molar-refractivity contribution >= 4 is 5.97 Å². The Labute approximate surface area is 124 Å². The topological polar surface area (TPSA) is 26.3 Å². The number of carbonyl (C=O) groups excluding carboxylic acids is 1. The van der Waals surface area contributed by atoms with Crippen molar-refractivity contribution in [1.29, 1.82) is 0 Å². The van der Waals surface area contributed by atoms with Crippen LogP contribution in [0.3, 0.4) is 0 Å². The van der Waals surface area contributed by atoms with Crippen LogP contribution in [0.2, 0.25) is 0 Å². The zero-order chi connectivity index (χ0) is 16.9. The van der Waals surface area contributed by atoms with Crippen LogP contribution in [-0.4, -0.2) is 5.97 Å². The molecule has 0 aliphatic carbocycles. The number of hydrogen-bond acceptors (Lipinski definition) is 2. The summed E-state index contributed by atoms with van der Waals surface area (Å²) in [5.74, 6) is -12.0. The Morgan fingerprint density at radius 2 is 1.55 bits per heavy atom. The lowest BCUT2D eigenvalue weighted by atomic mass is 10.0. The van der Waals surface area contributed by atoms with Gasteiger partial charge in [-0.25, -0.2) is 13.2 Å². The molecule has 2 nitrogen and oxygen atoms in total.